The number of hydrogen-bond acceptors (Lipinski definition) is 0. The summed E-state index contributed by atoms with van der Waals surface area (Å²) in [6, 6.07) is 0. The third-order valence-corrected chi connectivity index (χ3v) is 5.55. The van der Waals surface area contributed by atoms with E-state index in [1.165, 1.54) is 11.8 Å². The van der Waals surface area contributed by atoms with Crippen molar-refractivity contribution in [3.8, 4) is 0 Å². The van der Waals surface area contributed by atoms with Crippen LogP contribution in [0.1, 0.15) is 44.9 Å². The molecule has 0 aromatic heterocycles. The summed E-state index contributed by atoms with van der Waals surface area (Å²) in [6.45, 7) is 0. The van der Waals surface area contributed by atoms with Gasteiger partial charge in [-0.25, -0.2) is 0 Å². The van der Waals surface area contributed by atoms with Crippen LogP contribution in [-0.2, 0) is 0 Å². The molecule has 4 saturated carbocycles. The van der Waals surface area contributed by atoms with Crippen LogP contribution in [0.5, 0.6) is 0 Å². The van der Waals surface area contributed by atoms with Gasteiger partial charge < -0.3 is 0 Å². The highest BCUT2D eigenvalue weighted by atomic mass is 14.8. The maximum atomic E-state index is 1.63. The smallest absolute Gasteiger partial charge is 0.0210 e. The van der Waals surface area contributed by atoms with E-state index in [-0.39, 0.29) is 0 Å². The van der Waals surface area contributed by atoms with E-state index in [0.717, 1.165) is 10.8 Å². The zero-order chi connectivity index (χ0) is 7.10. The van der Waals surface area contributed by atoms with Gasteiger partial charge in [0.25, 0.3) is 0 Å². The Morgan fingerprint density at radius 1 is 0.909 bits per heavy atom. The van der Waals surface area contributed by atoms with Crippen LogP contribution in [0.2, 0.25) is 0 Å². The zero-order valence-electron chi connectivity index (χ0n) is 7.10. The van der Waals surface area contributed by atoms with Crippen molar-refractivity contribution in [3.63, 3.8) is 0 Å². The van der Waals surface area contributed by atoms with Gasteiger partial charge in [0, 0.05) is 0 Å². The van der Waals surface area contributed by atoms with Crippen LogP contribution in [-0.4, -0.2) is 0 Å². The Kier molecular flexibility index (Phi) is 0.661. The molecule has 0 heteroatoms. The first kappa shape index (κ1) is 5.61. The molecule has 0 saturated heterocycles. The van der Waals surface area contributed by atoms with Crippen LogP contribution in [0.15, 0.2) is 0 Å². The summed E-state index contributed by atoms with van der Waals surface area (Å²) in [5, 5.41) is 0. The molecule has 11 heavy (non-hydrogen) atoms. The van der Waals surface area contributed by atoms with Crippen LogP contribution in [0, 0.1) is 22.7 Å². The van der Waals surface area contributed by atoms with Gasteiger partial charge in [-0.05, 0) is 67.6 Å². The molecular weight excluding hydrogens is 132 g/mol. The molecule has 3 atom stereocenters. The van der Waals surface area contributed by atoms with Gasteiger partial charge in [0.05, 0.1) is 0 Å². The van der Waals surface area contributed by atoms with E-state index >= 15 is 0 Å². The van der Waals surface area contributed by atoms with E-state index in [9.17, 15) is 0 Å². The fraction of sp³-hybridized carbons (Fsp3) is 1.00. The molecule has 60 valence electrons. The fourth-order valence-corrected chi connectivity index (χ4v) is 4.54. The Balaban J connectivity index is 1.78. The lowest BCUT2D eigenvalue weighted by Gasteiger charge is -2.50. The molecule has 0 aromatic carbocycles. The first-order chi connectivity index (χ1) is 5.36. The van der Waals surface area contributed by atoms with Gasteiger partial charge in [-0.2, -0.15) is 0 Å². The Morgan fingerprint density at radius 2 is 1.73 bits per heavy atom. The molecule has 0 heterocycles. The molecule has 3 unspecified atom stereocenters. The Labute approximate surface area is 68.4 Å². The largest absolute Gasteiger partial charge is 0.0496 e. The molecule has 2 spiro atoms. The minimum Gasteiger partial charge on any atom is -0.0496 e. The van der Waals surface area contributed by atoms with Crippen molar-refractivity contribution in [2.75, 3.05) is 0 Å². The van der Waals surface area contributed by atoms with E-state index < -0.39 is 0 Å². The highest BCUT2D eigenvalue weighted by Gasteiger charge is 2.74. The Bertz CT molecular complexity index is 226. The van der Waals surface area contributed by atoms with Crippen molar-refractivity contribution in [1.29, 1.82) is 0 Å². The SMILES string of the molecule is C1CC2(CCC23CC3)C2CC12. The highest BCUT2D eigenvalue weighted by Crippen LogP contribution is 2.83. The second-order valence-electron chi connectivity index (χ2n) is 5.58. The zero-order valence-corrected chi connectivity index (χ0v) is 7.10. The van der Waals surface area contributed by atoms with Crippen molar-refractivity contribution in [3.05, 3.63) is 0 Å². The molecule has 4 aliphatic rings. The quantitative estimate of drug-likeness (QED) is 0.495. The average molecular weight is 148 g/mol. The molecule has 0 aromatic rings. The Morgan fingerprint density at radius 3 is 2.09 bits per heavy atom. The predicted molar refractivity (Wildman–Crippen MR) is 44.2 cm³/mol. The molecule has 0 radical (unpaired) electrons. The van der Waals surface area contributed by atoms with Gasteiger partial charge in [-0.1, -0.05) is 0 Å². The third kappa shape index (κ3) is 0.421. The summed E-state index contributed by atoms with van der Waals surface area (Å²) in [5.74, 6) is 2.45. The summed E-state index contributed by atoms with van der Waals surface area (Å²) in [7, 11) is 0. The minimum absolute atomic E-state index is 0.956. The maximum absolute atomic E-state index is 1.63. The van der Waals surface area contributed by atoms with Crippen molar-refractivity contribution in [2.24, 2.45) is 22.7 Å². The van der Waals surface area contributed by atoms with Gasteiger partial charge in [-0.15, -0.1) is 0 Å². The van der Waals surface area contributed by atoms with Crippen molar-refractivity contribution >= 4 is 0 Å². The van der Waals surface area contributed by atoms with Crippen molar-refractivity contribution < 1.29 is 0 Å². The molecule has 0 bridgehead atoms. The first-order valence-electron chi connectivity index (χ1n) is 5.36. The summed E-state index contributed by atoms with van der Waals surface area (Å²) < 4.78 is 0. The summed E-state index contributed by atoms with van der Waals surface area (Å²) >= 11 is 0. The lowest BCUT2D eigenvalue weighted by molar-refractivity contribution is -0.0109. The monoisotopic (exact) mass is 148 g/mol. The van der Waals surface area contributed by atoms with Crippen molar-refractivity contribution in [2.45, 2.75) is 44.9 Å². The molecular formula is C11H16. The number of hydrogen-bond donors (Lipinski definition) is 0. The number of fused-ring (bicyclic) bond motifs is 3. The van der Waals surface area contributed by atoms with Crippen LogP contribution in [0.25, 0.3) is 0 Å². The van der Waals surface area contributed by atoms with E-state index in [1.54, 1.807) is 44.9 Å². The van der Waals surface area contributed by atoms with Gasteiger partial charge in [0.15, 0.2) is 0 Å². The van der Waals surface area contributed by atoms with Crippen LogP contribution in [0.3, 0.4) is 0 Å². The molecule has 0 nitrogen and oxygen atoms in total. The number of rotatable bonds is 0. The van der Waals surface area contributed by atoms with E-state index in [2.05, 4.69) is 0 Å². The van der Waals surface area contributed by atoms with E-state index in [0.29, 0.717) is 0 Å². The van der Waals surface area contributed by atoms with Gasteiger partial charge >= 0.3 is 0 Å². The van der Waals surface area contributed by atoms with Gasteiger partial charge in [-0.3, -0.25) is 0 Å². The second kappa shape index (κ2) is 1.30. The van der Waals surface area contributed by atoms with E-state index in [1.807, 2.05) is 0 Å². The normalized spacial score (nSPS) is 61.1. The summed E-state index contributed by atoms with van der Waals surface area (Å²) in [5.41, 5.74) is 1.92. The van der Waals surface area contributed by atoms with E-state index in [4.69, 9.17) is 0 Å². The first-order valence-corrected chi connectivity index (χ1v) is 5.36. The standard InChI is InChI=1S/C11H16/c1-2-11(9-7-8(1)9)6-5-10(11)3-4-10/h8-9H,1-7H2. The van der Waals surface area contributed by atoms with Crippen LogP contribution < -0.4 is 0 Å². The Hall–Kier alpha value is 0. The summed E-state index contributed by atoms with van der Waals surface area (Å²) in [6.07, 6.45) is 11.3. The molecule has 4 rings (SSSR count). The molecule has 4 fully saturated rings. The third-order valence-electron chi connectivity index (χ3n) is 5.55. The lowest BCUT2D eigenvalue weighted by atomic mass is 9.54. The van der Waals surface area contributed by atoms with Crippen molar-refractivity contribution in [1.82, 2.24) is 0 Å². The predicted octanol–water partition coefficient (Wildman–Crippen LogP) is 2.98. The topological polar surface area (TPSA) is 0 Å². The molecule has 0 aliphatic heterocycles. The fourth-order valence-electron chi connectivity index (χ4n) is 4.54. The lowest BCUT2D eigenvalue weighted by Crippen LogP contribution is -2.42. The maximum Gasteiger partial charge on any atom is -0.0210 e. The second-order valence-corrected chi connectivity index (χ2v) is 5.58. The summed E-state index contributed by atoms with van der Waals surface area (Å²) in [4.78, 5) is 0. The van der Waals surface area contributed by atoms with Crippen LogP contribution >= 0.6 is 0 Å². The van der Waals surface area contributed by atoms with Gasteiger partial charge in [0.1, 0.15) is 0 Å². The molecule has 4 aliphatic carbocycles. The minimum atomic E-state index is 0.956. The van der Waals surface area contributed by atoms with Crippen LogP contribution in [0.4, 0.5) is 0 Å². The molecule has 0 amide bonds. The average Bonchev–Trinajstić information content (AvgIpc) is 2.86. The molecule has 0 N–H and O–H groups in total. The van der Waals surface area contributed by atoms with Gasteiger partial charge in [0.2, 0.25) is 0 Å². The highest BCUT2D eigenvalue weighted by molar-refractivity contribution is 5.23.